The molecule has 0 aliphatic rings. The summed E-state index contributed by atoms with van der Waals surface area (Å²) < 4.78 is 4.79. The Kier molecular flexibility index (Phi) is 5.26. The first-order valence-corrected chi connectivity index (χ1v) is 6.84. The fourth-order valence-corrected chi connectivity index (χ4v) is 2.08. The number of hydrogen-bond donors (Lipinski definition) is 0. The number of methoxy groups -OCH3 is 1. The van der Waals surface area contributed by atoms with Crippen molar-refractivity contribution in [1.29, 1.82) is 0 Å². The zero-order chi connectivity index (χ0) is 15.1. The smallest absolute Gasteiger partial charge is 0.310 e. The molecule has 2 rings (SSSR count). The molecule has 0 bridgehead atoms. The molecule has 5 heteroatoms. The number of rotatable bonds is 6. The van der Waals surface area contributed by atoms with Crippen molar-refractivity contribution in [3.63, 3.8) is 0 Å². The van der Waals surface area contributed by atoms with Gasteiger partial charge in [0.15, 0.2) is 0 Å². The topological polar surface area (TPSA) is 55.3 Å². The van der Waals surface area contributed by atoms with Gasteiger partial charge in [-0.25, -0.2) is 9.97 Å². The van der Waals surface area contributed by atoms with E-state index in [0.717, 1.165) is 5.56 Å². The Balaban J connectivity index is 2.17. The van der Waals surface area contributed by atoms with E-state index >= 15 is 0 Å². The van der Waals surface area contributed by atoms with Crippen molar-refractivity contribution in [3.05, 3.63) is 54.4 Å². The molecule has 1 unspecified atom stereocenters. The van der Waals surface area contributed by atoms with Crippen molar-refractivity contribution in [3.8, 4) is 0 Å². The van der Waals surface area contributed by atoms with Gasteiger partial charge in [0.1, 0.15) is 0 Å². The van der Waals surface area contributed by atoms with E-state index in [1.807, 2.05) is 42.2 Å². The third-order valence-corrected chi connectivity index (χ3v) is 3.15. The SMILES string of the molecule is COC(=O)C(C)CN(Cc1ccccc1)c1ncccn1. The molecular formula is C16H19N3O2. The molecule has 0 N–H and O–H groups in total. The monoisotopic (exact) mass is 285 g/mol. The second-order valence-corrected chi connectivity index (χ2v) is 4.84. The molecule has 1 aromatic carbocycles. The summed E-state index contributed by atoms with van der Waals surface area (Å²) >= 11 is 0. The molecule has 110 valence electrons. The summed E-state index contributed by atoms with van der Waals surface area (Å²) in [6.45, 7) is 2.99. The lowest BCUT2D eigenvalue weighted by atomic mass is 10.1. The Morgan fingerprint density at radius 2 is 1.86 bits per heavy atom. The third kappa shape index (κ3) is 4.27. The molecule has 0 fully saturated rings. The van der Waals surface area contributed by atoms with Gasteiger partial charge in [-0.05, 0) is 11.6 Å². The first kappa shape index (κ1) is 15.0. The number of benzene rings is 1. The van der Waals surface area contributed by atoms with Crippen molar-refractivity contribution in [2.75, 3.05) is 18.6 Å². The van der Waals surface area contributed by atoms with Gasteiger partial charge in [0.05, 0.1) is 13.0 Å². The highest BCUT2D eigenvalue weighted by molar-refractivity contribution is 5.72. The lowest BCUT2D eigenvalue weighted by Crippen LogP contribution is -2.33. The fraction of sp³-hybridized carbons (Fsp3) is 0.312. The summed E-state index contributed by atoms with van der Waals surface area (Å²) in [5.41, 5.74) is 1.14. The molecule has 0 aliphatic carbocycles. The summed E-state index contributed by atoms with van der Waals surface area (Å²) in [6, 6.07) is 11.8. The van der Waals surface area contributed by atoms with Crippen LogP contribution in [0.3, 0.4) is 0 Å². The normalized spacial score (nSPS) is 11.7. The highest BCUT2D eigenvalue weighted by Crippen LogP contribution is 2.14. The average molecular weight is 285 g/mol. The second-order valence-electron chi connectivity index (χ2n) is 4.84. The van der Waals surface area contributed by atoms with Crippen molar-refractivity contribution < 1.29 is 9.53 Å². The van der Waals surface area contributed by atoms with Crippen molar-refractivity contribution in [1.82, 2.24) is 9.97 Å². The van der Waals surface area contributed by atoms with Crippen LogP contribution in [0.25, 0.3) is 0 Å². The van der Waals surface area contributed by atoms with Crippen LogP contribution in [-0.2, 0) is 16.1 Å². The summed E-state index contributed by atoms with van der Waals surface area (Å²) in [4.78, 5) is 22.2. The molecule has 5 nitrogen and oxygen atoms in total. The Hall–Kier alpha value is -2.43. The van der Waals surface area contributed by atoms with Gasteiger partial charge in [-0.1, -0.05) is 37.3 Å². The summed E-state index contributed by atoms with van der Waals surface area (Å²) in [5.74, 6) is 0.128. The van der Waals surface area contributed by atoms with Crippen LogP contribution in [0.4, 0.5) is 5.95 Å². The number of esters is 1. The predicted molar refractivity (Wildman–Crippen MR) is 80.7 cm³/mol. The van der Waals surface area contributed by atoms with E-state index in [1.54, 1.807) is 18.5 Å². The number of nitrogens with zero attached hydrogens (tertiary/aromatic N) is 3. The Labute approximate surface area is 124 Å². The van der Waals surface area contributed by atoms with Crippen LogP contribution in [0.1, 0.15) is 12.5 Å². The third-order valence-electron chi connectivity index (χ3n) is 3.15. The van der Waals surface area contributed by atoms with E-state index in [0.29, 0.717) is 19.0 Å². The van der Waals surface area contributed by atoms with Gasteiger partial charge in [0.25, 0.3) is 0 Å². The lowest BCUT2D eigenvalue weighted by Gasteiger charge is -2.25. The van der Waals surface area contributed by atoms with Crippen LogP contribution in [0.2, 0.25) is 0 Å². The van der Waals surface area contributed by atoms with E-state index in [4.69, 9.17) is 4.74 Å². The number of ether oxygens (including phenoxy) is 1. The van der Waals surface area contributed by atoms with Crippen molar-refractivity contribution in [2.24, 2.45) is 5.92 Å². The van der Waals surface area contributed by atoms with Gasteiger partial charge in [-0.15, -0.1) is 0 Å². The van der Waals surface area contributed by atoms with Crippen LogP contribution in [0.5, 0.6) is 0 Å². The molecule has 0 radical (unpaired) electrons. The van der Waals surface area contributed by atoms with Crippen LogP contribution < -0.4 is 4.90 Å². The molecular weight excluding hydrogens is 266 g/mol. The molecule has 0 aliphatic heterocycles. The van der Waals surface area contributed by atoms with E-state index in [1.165, 1.54) is 7.11 Å². The number of carbonyl (C=O) groups excluding carboxylic acids is 1. The van der Waals surface area contributed by atoms with Crippen LogP contribution in [0.15, 0.2) is 48.8 Å². The first-order chi connectivity index (χ1) is 10.2. The van der Waals surface area contributed by atoms with E-state index in [-0.39, 0.29) is 11.9 Å². The Bertz CT molecular complexity index is 560. The Morgan fingerprint density at radius 1 is 1.19 bits per heavy atom. The van der Waals surface area contributed by atoms with Crippen LogP contribution in [0, 0.1) is 5.92 Å². The first-order valence-electron chi connectivity index (χ1n) is 6.84. The minimum absolute atomic E-state index is 0.232. The molecule has 0 spiro atoms. The minimum Gasteiger partial charge on any atom is -0.469 e. The van der Waals surface area contributed by atoms with Gasteiger partial charge in [-0.2, -0.15) is 0 Å². The molecule has 0 amide bonds. The number of hydrogen-bond acceptors (Lipinski definition) is 5. The van der Waals surface area contributed by atoms with Crippen LogP contribution in [-0.4, -0.2) is 29.6 Å². The second kappa shape index (κ2) is 7.38. The summed E-state index contributed by atoms with van der Waals surface area (Å²) in [7, 11) is 1.40. The van der Waals surface area contributed by atoms with Gasteiger partial charge in [0.2, 0.25) is 5.95 Å². The van der Waals surface area contributed by atoms with Crippen molar-refractivity contribution >= 4 is 11.9 Å². The molecule has 0 saturated carbocycles. The maximum atomic E-state index is 11.6. The number of aromatic nitrogens is 2. The molecule has 21 heavy (non-hydrogen) atoms. The quantitative estimate of drug-likeness (QED) is 0.762. The standard InChI is InChI=1S/C16H19N3O2/c1-13(15(20)21-2)11-19(16-17-9-6-10-18-16)12-14-7-4-3-5-8-14/h3-10,13H,11-12H2,1-2H3. The zero-order valence-corrected chi connectivity index (χ0v) is 12.3. The van der Waals surface area contributed by atoms with Gasteiger partial charge in [0, 0.05) is 25.5 Å². The van der Waals surface area contributed by atoms with E-state index in [9.17, 15) is 4.79 Å². The number of carbonyl (C=O) groups is 1. The maximum absolute atomic E-state index is 11.6. The molecule has 2 aromatic rings. The number of anilines is 1. The van der Waals surface area contributed by atoms with Gasteiger partial charge in [-0.3, -0.25) is 4.79 Å². The predicted octanol–water partition coefficient (Wildman–Crippen LogP) is 2.29. The highest BCUT2D eigenvalue weighted by Gasteiger charge is 2.19. The van der Waals surface area contributed by atoms with E-state index < -0.39 is 0 Å². The lowest BCUT2D eigenvalue weighted by molar-refractivity contribution is -0.144. The molecule has 1 atom stereocenters. The van der Waals surface area contributed by atoms with E-state index in [2.05, 4.69) is 9.97 Å². The molecule has 0 saturated heterocycles. The van der Waals surface area contributed by atoms with Gasteiger partial charge < -0.3 is 9.64 Å². The summed E-state index contributed by atoms with van der Waals surface area (Å²) in [6.07, 6.45) is 3.40. The fourth-order valence-electron chi connectivity index (χ4n) is 2.08. The minimum atomic E-state index is -0.248. The van der Waals surface area contributed by atoms with Crippen LogP contribution >= 0.6 is 0 Å². The molecule has 1 aromatic heterocycles. The Morgan fingerprint density at radius 3 is 2.48 bits per heavy atom. The summed E-state index contributed by atoms with van der Waals surface area (Å²) in [5, 5.41) is 0. The van der Waals surface area contributed by atoms with Crippen molar-refractivity contribution in [2.45, 2.75) is 13.5 Å². The maximum Gasteiger partial charge on any atom is 0.310 e. The highest BCUT2D eigenvalue weighted by atomic mass is 16.5. The average Bonchev–Trinajstić information content (AvgIpc) is 2.55. The van der Waals surface area contributed by atoms with Gasteiger partial charge >= 0.3 is 5.97 Å². The molecule has 1 heterocycles. The zero-order valence-electron chi connectivity index (χ0n) is 12.3. The largest absolute Gasteiger partial charge is 0.469 e.